The molecule has 6 N–H and O–H groups in total. The van der Waals surface area contributed by atoms with Crippen LogP contribution in [-0.2, 0) is 32.7 Å². The van der Waals surface area contributed by atoms with Gasteiger partial charge in [0.2, 0.25) is 0 Å². The van der Waals surface area contributed by atoms with Gasteiger partial charge in [0.1, 0.15) is 43.2 Å². The van der Waals surface area contributed by atoms with E-state index < -0.39 is 75.7 Å². The number of ether oxygens (including phenoxy) is 2. The molecule has 0 aliphatic heterocycles. The van der Waals surface area contributed by atoms with E-state index in [4.69, 9.17) is 18.5 Å². The standard InChI is InChI=1S/C47H85O13P/c1-3-5-7-9-11-13-15-17-19-20-22-23-25-27-29-31-33-35-40(48)57-37-39(38-58-61(55,56)60-47-45(53)43(51)42(50)44(52)46(47)54)59-41(49)36-34-32-30-28-26-24-21-18-16-14-12-10-8-6-4-2/h13,15,18,21,26,28,39,42-47,50-54H,3-12,14,16-17,19-20,22-25,27,29-38H2,1-2H3,(H,55,56)/b15-13+,21-18+,28-26+/t39-,42?,43-,44?,45?,46?,47?/m0/s1. The first-order valence-corrected chi connectivity index (χ1v) is 25.3. The number of allylic oxidation sites excluding steroid dienone is 6. The molecule has 6 unspecified atom stereocenters. The summed E-state index contributed by atoms with van der Waals surface area (Å²) >= 11 is 0. The molecular weight excluding hydrogens is 803 g/mol. The van der Waals surface area contributed by atoms with Gasteiger partial charge in [-0.15, -0.1) is 0 Å². The first kappa shape index (κ1) is 57.1. The number of rotatable bonds is 39. The van der Waals surface area contributed by atoms with E-state index in [-0.39, 0.29) is 12.8 Å². The second-order valence-electron chi connectivity index (χ2n) is 16.6. The number of unbranched alkanes of at least 4 members (excludes halogenated alkanes) is 21. The Balaban J connectivity index is 2.46. The van der Waals surface area contributed by atoms with Crippen molar-refractivity contribution < 1.29 is 63.1 Å². The third-order valence-electron chi connectivity index (χ3n) is 11.0. The normalized spacial score (nSPS) is 22.3. The van der Waals surface area contributed by atoms with Gasteiger partial charge in [0.15, 0.2) is 6.10 Å². The number of aliphatic hydroxyl groups excluding tert-OH is 5. The molecular formula is C47H85O13P. The predicted octanol–water partition coefficient (Wildman–Crippen LogP) is 9.39. The van der Waals surface area contributed by atoms with Crippen molar-refractivity contribution in [2.75, 3.05) is 13.2 Å². The summed E-state index contributed by atoms with van der Waals surface area (Å²) in [5, 5.41) is 50.1. The zero-order valence-electron chi connectivity index (χ0n) is 37.7. The fourth-order valence-corrected chi connectivity index (χ4v) is 8.05. The van der Waals surface area contributed by atoms with Crippen molar-refractivity contribution >= 4 is 19.8 Å². The van der Waals surface area contributed by atoms with Gasteiger partial charge in [-0.2, -0.15) is 0 Å². The summed E-state index contributed by atoms with van der Waals surface area (Å²) in [5.74, 6) is -1.14. The van der Waals surface area contributed by atoms with Crippen molar-refractivity contribution in [3.8, 4) is 0 Å². The van der Waals surface area contributed by atoms with Gasteiger partial charge in [0.05, 0.1) is 6.61 Å². The monoisotopic (exact) mass is 889 g/mol. The van der Waals surface area contributed by atoms with E-state index >= 15 is 0 Å². The molecule has 356 valence electrons. The van der Waals surface area contributed by atoms with E-state index in [1.165, 1.54) is 103 Å². The molecule has 61 heavy (non-hydrogen) atoms. The van der Waals surface area contributed by atoms with Gasteiger partial charge in [-0.25, -0.2) is 4.57 Å². The van der Waals surface area contributed by atoms with Crippen molar-refractivity contribution in [3.05, 3.63) is 36.5 Å². The topological polar surface area (TPSA) is 210 Å². The second-order valence-corrected chi connectivity index (χ2v) is 18.0. The first-order valence-electron chi connectivity index (χ1n) is 23.8. The number of hydrogen-bond donors (Lipinski definition) is 6. The van der Waals surface area contributed by atoms with Crippen LogP contribution < -0.4 is 0 Å². The molecule has 0 heterocycles. The van der Waals surface area contributed by atoms with Crippen LogP contribution in [0.4, 0.5) is 0 Å². The Morgan fingerprint density at radius 3 is 1.39 bits per heavy atom. The number of esters is 2. The van der Waals surface area contributed by atoms with Crippen LogP contribution in [-0.4, -0.2) is 98.3 Å². The lowest BCUT2D eigenvalue weighted by molar-refractivity contribution is -0.220. The van der Waals surface area contributed by atoms with E-state index in [0.717, 1.165) is 51.4 Å². The lowest BCUT2D eigenvalue weighted by atomic mass is 9.85. The minimum absolute atomic E-state index is 0.0545. The summed E-state index contributed by atoms with van der Waals surface area (Å²) in [7, 11) is -5.13. The average molecular weight is 889 g/mol. The van der Waals surface area contributed by atoms with Gasteiger partial charge in [-0.05, 0) is 70.6 Å². The maximum atomic E-state index is 12.8. The van der Waals surface area contributed by atoms with E-state index in [1.807, 2.05) is 0 Å². The molecule has 0 amide bonds. The number of phosphoric acid groups is 1. The third kappa shape index (κ3) is 30.0. The van der Waals surface area contributed by atoms with E-state index in [9.17, 15) is 44.6 Å². The molecule has 1 fully saturated rings. The van der Waals surface area contributed by atoms with Crippen LogP contribution in [0.1, 0.15) is 194 Å². The van der Waals surface area contributed by atoms with Crippen LogP contribution in [0.3, 0.4) is 0 Å². The fourth-order valence-electron chi connectivity index (χ4n) is 7.08. The smallest absolute Gasteiger partial charge is 0.462 e. The number of carbonyl (C=O) groups is 2. The summed E-state index contributed by atoms with van der Waals surface area (Å²) in [5.41, 5.74) is 0. The lowest BCUT2D eigenvalue weighted by Gasteiger charge is -2.41. The van der Waals surface area contributed by atoms with Crippen molar-refractivity contribution in [3.63, 3.8) is 0 Å². The largest absolute Gasteiger partial charge is 0.472 e. The first-order chi connectivity index (χ1) is 29.4. The Morgan fingerprint density at radius 2 is 0.885 bits per heavy atom. The Hall–Kier alpha value is -1.93. The van der Waals surface area contributed by atoms with Crippen LogP contribution in [0.2, 0.25) is 0 Å². The maximum Gasteiger partial charge on any atom is 0.472 e. The van der Waals surface area contributed by atoms with Crippen LogP contribution in [0.15, 0.2) is 36.5 Å². The summed E-state index contributed by atoms with van der Waals surface area (Å²) < 4.78 is 33.5. The van der Waals surface area contributed by atoms with E-state index in [2.05, 4.69) is 50.3 Å². The highest BCUT2D eigenvalue weighted by atomic mass is 31.2. The van der Waals surface area contributed by atoms with Gasteiger partial charge < -0.3 is 39.9 Å². The third-order valence-corrected chi connectivity index (χ3v) is 11.9. The minimum atomic E-state index is -5.13. The zero-order valence-corrected chi connectivity index (χ0v) is 38.6. The van der Waals surface area contributed by atoms with E-state index in [0.29, 0.717) is 12.8 Å². The molecule has 0 aromatic heterocycles. The number of phosphoric ester groups is 1. The molecule has 13 nitrogen and oxygen atoms in total. The fraction of sp³-hybridized carbons (Fsp3) is 0.830. The van der Waals surface area contributed by atoms with Gasteiger partial charge in [-0.1, -0.05) is 147 Å². The quantitative estimate of drug-likeness (QED) is 0.0147. The summed E-state index contributed by atoms with van der Waals surface area (Å²) in [6.07, 6.45) is 29.1. The molecule has 1 saturated carbocycles. The van der Waals surface area contributed by atoms with Gasteiger partial charge in [0.25, 0.3) is 0 Å². The number of hydrogen-bond acceptors (Lipinski definition) is 12. The van der Waals surface area contributed by atoms with Crippen LogP contribution in [0.25, 0.3) is 0 Å². The van der Waals surface area contributed by atoms with Gasteiger partial charge in [0, 0.05) is 12.8 Å². The highest BCUT2D eigenvalue weighted by Gasteiger charge is 2.51. The molecule has 8 atom stereocenters. The Labute approximate surface area is 368 Å². The molecule has 0 saturated heterocycles. The second kappa shape index (κ2) is 37.4. The highest BCUT2D eigenvalue weighted by Crippen LogP contribution is 2.47. The molecule has 1 aliphatic carbocycles. The van der Waals surface area contributed by atoms with Gasteiger partial charge >= 0.3 is 19.8 Å². The number of carbonyl (C=O) groups excluding carboxylic acids is 2. The summed E-state index contributed by atoms with van der Waals surface area (Å²) in [4.78, 5) is 35.7. The summed E-state index contributed by atoms with van der Waals surface area (Å²) in [6.45, 7) is 3.26. The zero-order chi connectivity index (χ0) is 45.0. The molecule has 0 bridgehead atoms. The van der Waals surface area contributed by atoms with Gasteiger partial charge in [-0.3, -0.25) is 18.6 Å². The van der Waals surface area contributed by atoms with E-state index in [1.54, 1.807) is 0 Å². The lowest BCUT2D eigenvalue weighted by Crippen LogP contribution is -2.64. The average Bonchev–Trinajstić information content (AvgIpc) is 3.24. The highest BCUT2D eigenvalue weighted by molar-refractivity contribution is 7.47. The molecule has 0 spiro atoms. The SMILES string of the molecule is CCCCCC/C=C/CCCCCCCCCCCC(=O)OC[C@@H](COP(=O)(O)OC1C(O)C(O)C(O)[C@H](O)C1O)OC(=O)CCCC/C=C/C/C=C/CCCCCCCC. The molecule has 1 rings (SSSR count). The molecule has 0 aromatic rings. The molecule has 0 aromatic carbocycles. The van der Waals surface area contributed by atoms with Crippen molar-refractivity contribution in [2.45, 2.75) is 236 Å². The maximum absolute atomic E-state index is 12.8. The molecule has 14 heteroatoms. The van der Waals surface area contributed by atoms with Crippen LogP contribution in [0, 0.1) is 0 Å². The minimum Gasteiger partial charge on any atom is -0.462 e. The summed E-state index contributed by atoms with van der Waals surface area (Å²) in [6, 6.07) is 0. The van der Waals surface area contributed by atoms with Crippen molar-refractivity contribution in [1.29, 1.82) is 0 Å². The molecule has 1 aliphatic rings. The number of aliphatic hydroxyl groups is 5. The predicted molar refractivity (Wildman–Crippen MR) is 240 cm³/mol. The van der Waals surface area contributed by atoms with Crippen molar-refractivity contribution in [2.24, 2.45) is 0 Å². The Morgan fingerprint density at radius 1 is 0.508 bits per heavy atom. The van der Waals surface area contributed by atoms with Crippen LogP contribution in [0.5, 0.6) is 0 Å². The van der Waals surface area contributed by atoms with Crippen molar-refractivity contribution in [1.82, 2.24) is 0 Å². The van der Waals surface area contributed by atoms with Crippen LogP contribution >= 0.6 is 7.82 Å². The Bertz CT molecular complexity index is 1210. The Kier molecular flexibility index (Phi) is 35.0. The molecule has 0 radical (unpaired) electrons.